The SMILES string of the molecule is c1ccc2c(c1)-c1ccccc1C21c2ccccc2-c2ccc(N(c3ccc4c(c3)C3(c5ccccc5-c5ccccc53)c3ccccc3-4)c3ccc4c(c3)C3(c5ccccc5-4)c4ccccc4-n4c5ccccc5c5cccc3c54)cc21. The smallest absolute Gasteiger partial charge is 0.0755 e. The van der Waals surface area contributed by atoms with Gasteiger partial charge in [-0.2, -0.15) is 0 Å². The number of anilines is 3. The fraction of sp³-hybridized carbons (Fsp3) is 0.0370. The highest BCUT2D eigenvalue weighted by Gasteiger charge is 2.55. The van der Waals surface area contributed by atoms with Crippen LogP contribution >= 0.6 is 0 Å². The van der Waals surface area contributed by atoms with E-state index in [1.54, 1.807) is 0 Å². The van der Waals surface area contributed by atoms with Gasteiger partial charge in [-0.05, 0) is 171 Å². The molecule has 20 rings (SSSR count). The lowest BCUT2D eigenvalue weighted by atomic mass is 9.65. The van der Waals surface area contributed by atoms with E-state index >= 15 is 0 Å². The highest BCUT2D eigenvalue weighted by atomic mass is 15.1. The Balaban J connectivity index is 0.895. The molecular formula is C81H48N2. The van der Waals surface area contributed by atoms with Crippen LogP contribution < -0.4 is 4.90 Å². The van der Waals surface area contributed by atoms with Crippen LogP contribution in [0.5, 0.6) is 0 Å². The molecule has 2 heteroatoms. The normalized spacial score (nSPS) is 16.2. The number of aromatic nitrogens is 1. The average Bonchev–Trinajstić information content (AvgIpc) is 1.76. The number of nitrogens with zero attached hydrogens (tertiary/aromatic N) is 2. The van der Waals surface area contributed by atoms with Crippen molar-refractivity contribution >= 4 is 38.9 Å². The van der Waals surface area contributed by atoms with Crippen LogP contribution in [0.25, 0.3) is 83.1 Å². The van der Waals surface area contributed by atoms with Gasteiger partial charge >= 0.3 is 0 Å². The van der Waals surface area contributed by atoms with E-state index in [2.05, 4.69) is 301 Å². The monoisotopic (exact) mass is 1050 g/mol. The Hall–Kier alpha value is -10.5. The summed E-state index contributed by atoms with van der Waals surface area (Å²) in [6.07, 6.45) is 0. The summed E-state index contributed by atoms with van der Waals surface area (Å²) in [5.41, 5.74) is 34.2. The van der Waals surface area contributed by atoms with Crippen LogP contribution in [-0.2, 0) is 16.2 Å². The first kappa shape index (κ1) is 44.2. The Morgan fingerprint density at radius 2 is 0.506 bits per heavy atom. The van der Waals surface area contributed by atoms with Gasteiger partial charge in [-0.15, -0.1) is 0 Å². The third-order valence-electron chi connectivity index (χ3n) is 20.4. The molecule has 2 heterocycles. The molecular weight excluding hydrogens is 1000 g/mol. The second-order valence-electron chi connectivity index (χ2n) is 23.7. The minimum absolute atomic E-state index is 0.520. The van der Waals surface area contributed by atoms with Crippen LogP contribution in [0.4, 0.5) is 17.1 Å². The lowest BCUT2D eigenvalue weighted by Crippen LogP contribution is -2.33. The van der Waals surface area contributed by atoms with Crippen molar-refractivity contribution in [3.05, 3.63) is 358 Å². The van der Waals surface area contributed by atoms with Crippen molar-refractivity contribution in [2.45, 2.75) is 16.2 Å². The summed E-state index contributed by atoms with van der Waals surface area (Å²) in [4.78, 5) is 2.61. The van der Waals surface area contributed by atoms with Crippen molar-refractivity contribution in [2.24, 2.45) is 0 Å². The summed E-state index contributed by atoms with van der Waals surface area (Å²) in [5, 5.41) is 2.55. The fourth-order valence-electron chi connectivity index (χ4n) is 17.6. The first-order valence-electron chi connectivity index (χ1n) is 29.2. The molecule has 0 saturated carbocycles. The van der Waals surface area contributed by atoms with E-state index in [9.17, 15) is 0 Å². The van der Waals surface area contributed by atoms with Gasteiger partial charge in [0.15, 0.2) is 0 Å². The van der Waals surface area contributed by atoms with Crippen molar-refractivity contribution < 1.29 is 0 Å². The Bertz CT molecular complexity index is 4940. The zero-order valence-corrected chi connectivity index (χ0v) is 45.1. The van der Waals surface area contributed by atoms with Crippen LogP contribution in [0, 0.1) is 0 Å². The van der Waals surface area contributed by atoms with Gasteiger partial charge in [0.05, 0.1) is 33.0 Å². The van der Waals surface area contributed by atoms with Crippen LogP contribution in [0.3, 0.4) is 0 Å². The molecule has 14 aromatic rings. The number of fused-ring (bicyclic) bond motifs is 32. The molecule has 3 spiro atoms. The standard InChI is InChI=1S/C81H48N2/c1-9-29-64-52(20-1)53-21-2-10-30-65(53)79(64)68-33-13-5-24-56(68)59-43-40-49(46-73(59)79)82(50-41-44-60-57-25-6-14-34-69(57)80(74(60)47-50)66-31-11-3-22-54(66)55-23-4-12-32-67(55)80)51-42-45-61-58-26-7-15-35-70(58)81(75(61)48-51)71-36-16-18-39-77(71)83-76-38-17-8-27-62(76)63-28-19-37-72(81)78(63)83/h1-48H. The van der Waals surface area contributed by atoms with Gasteiger partial charge in [-0.3, -0.25) is 0 Å². The minimum atomic E-state index is -0.629. The van der Waals surface area contributed by atoms with Gasteiger partial charge in [-0.25, -0.2) is 0 Å². The van der Waals surface area contributed by atoms with E-state index in [0.717, 1.165) is 17.1 Å². The van der Waals surface area contributed by atoms with E-state index in [-0.39, 0.29) is 0 Å². The quantitative estimate of drug-likeness (QED) is 0.171. The molecule has 1 atom stereocenters. The highest BCUT2D eigenvalue weighted by molar-refractivity contribution is 6.13. The second kappa shape index (κ2) is 15.5. The summed E-state index contributed by atoms with van der Waals surface area (Å²) < 4.78 is 2.55. The fourth-order valence-corrected chi connectivity index (χ4v) is 17.6. The van der Waals surface area contributed by atoms with E-state index < -0.39 is 16.2 Å². The molecule has 1 aliphatic heterocycles. The molecule has 382 valence electrons. The van der Waals surface area contributed by atoms with Gasteiger partial charge in [0, 0.05) is 27.8 Å². The Morgan fingerprint density at radius 1 is 0.217 bits per heavy atom. The van der Waals surface area contributed by atoms with E-state index in [1.165, 1.54) is 150 Å². The predicted molar refractivity (Wildman–Crippen MR) is 339 cm³/mol. The second-order valence-corrected chi connectivity index (χ2v) is 23.7. The maximum absolute atomic E-state index is 2.61. The van der Waals surface area contributed by atoms with Gasteiger partial charge in [0.1, 0.15) is 0 Å². The zero-order valence-electron chi connectivity index (χ0n) is 45.1. The number of rotatable bonds is 3. The maximum atomic E-state index is 2.61. The van der Waals surface area contributed by atoms with Crippen molar-refractivity contribution in [2.75, 3.05) is 4.90 Å². The lowest BCUT2D eigenvalue weighted by molar-refractivity contribution is 0.748. The summed E-state index contributed by atoms with van der Waals surface area (Å²) in [6, 6.07) is 112. The molecule has 1 aromatic heterocycles. The first-order valence-corrected chi connectivity index (χ1v) is 29.2. The molecule has 0 N–H and O–H groups in total. The largest absolute Gasteiger partial charge is 0.310 e. The van der Waals surface area contributed by atoms with Gasteiger partial charge in [-0.1, -0.05) is 243 Å². The summed E-state index contributed by atoms with van der Waals surface area (Å²) in [5.74, 6) is 0. The molecule has 0 saturated heterocycles. The van der Waals surface area contributed by atoms with E-state index in [1.807, 2.05) is 0 Å². The molecule has 13 aromatic carbocycles. The first-order chi connectivity index (χ1) is 41.2. The van der Waals surface area contributed by atoms with Crippen molar-refractivity contribution in [1.29, 1.82) is 0 Å². The number of para-hydroxylation sites is 3. The molecule has 0 bridgehead atoms. The highest BCUT2D eigenvalue weighted by Crippen LogP contribution is 2.67. The molecule has 0 amide bonds. The molecule has 1 unspecified atom stereocenters. The van der Waals surface area contributed by atoms with Crippen LogP contribution in [0.15, 0.2) is 291 Å². The predicted octanol–water partition coefficient (Wildman–Crippen LogP) is 19.6. The summed E-state index contributed by atoms with van der Waals surface area (Å²) >= 11 is 0. The topological polar surface area (TPSA) is 8.17 Å². The Kier molecular flexibility index (Phi) is 8.24. The third-order valence-corrected chi connectivity index (χ3v) is 20.4. The van der Waals surface area contributed by atoms with Gasteiger partial charge in [0.25, 0.3) is 0 Å². The number of hydrogen-bond acceptors (Lipinski definition) is 1. The van der Waals surface area contributed by atoms with Gasteiger partial charge < -0.3 is 9.47 Å². The molecule has 2 nitrogen and oxygen atoms in total. The maximum Gasteiger partial charge on any atom is 0.0755 e. The van der Waals surface area contributed by atoms with Gasteiger partial charge in [0.2, 0.25) is 0 Å². The van der Waals surface area contributed by atoms with Crippen LogP contribution in [0.1, 0.15) is 66.8 Å². The molecule has 5 aliphatic carbocycles. The zero-order chi connectivity index (χ0) is 53.9. The number of benzene rings is 13. The van der Waals surface area contributed by atoms with Crippen molar-refractivity contribution in [3.8, 4) is 61.3 Å². The molecule has 83 heavy (non-hydrogen) atoms. The van der Waals surface area contributed by atoms with Crippen molar-refractivity contribution in [1.82, 2.24) is 4.57 Å². The average molecular weight is 1050 g/mol. The minimum Gasteiger partial charge on any atom is -0.310 e. The molecule has 0 fully saturated rings. The van der Waals surface area contributed by atoms with Crippen LogP contribution in [-0.4, -0.2) is 4.57 Å². The van der Waals surface area contributed by atoms with Crippen LogP contribution in [0.2, 0.25) is 0 Å². The third kappa shape index (κ3) is 5.04. The lowest BCUT2D eigenvalue weighted by Gasteiger charge is -2.40. The molecule has 6 aliphatic rings. The van der Waals surface area contributed by atoms with Crippen molar-refractivity contribution in [3.63, 3.8) is 0 Å². The van der Waals surface area contributed by atoms with E-state index in [4.69, 9.17) is 0 Å². The summed E-state index contributed by atoms with van der Waals surface area (Å²) in [6.45, 7) is 0. The Labute approximate surface area is 481 Å². The summed E-state index contributed by atoms with van der Waals surface area (Å²) in [7, 11) is 0. The Morgan fingerprint density at radius 3 is 0.904 bits per heavy atom. The van der Waals surface area contributed by atoms with E-state index in [0.29, 0.717) is 0 Å². The molecule has 0 radical (unpaired) electrons. The number of hydrogen-bond donors (Lipinski definition) is 0.